The summed E-state index contributed by atoms with van der Waals surface area (Å²) in [5, 5.41) is 8.04. The fourth-order valence-electron chi connectivity index (χ4n) is 4.56. The summed E-state index contributed by atoms with van der Waals surface area (Å²) < 4.78 is 3.77. The fourth-order valence-corrected chi connectivity index (χ4v) is 4.56. The van der Waals surface area contributed by atoms with Crippen LogP contribution in [0.25, 0.3) is 27.7 Å². The maximum Gasteiger partial charge on any atom is 0.256 e. The predicted octanol–water partition coefficient (Wildman–Crippen LogP) is 3.11. The van der Waals surface area contributed by atoms with Crippen molar-refractivity contribution in [2.45, 2.75) is 26.3 Å². The molecule has 9 heteroatoms. The number of anilines is 1. The maximum absolute atomic E-state index is 13.2. The van der Waals surface area contributed by atoms with E-state index in [1.165, 1.54) is 0 Å². The first-order valence-electron chi connectivity index (χ1n) is 11.7. The highest BCUT2D eigenvalue weighted by molar-refractivity contribution is 6.08. The van der Waals surface area contributed by atoms with E-state index < -0.39 is 0 Å². The number of aromatic nitrogens is 4. The number of hydrogen-bond donors (Lipinski definition) is 1. The minimum atomic E-state index is -0.165. The number of likely N-dealkylation sites (N-methyl/N-ethyl adjacent to an activating group) is 1. The molecule has 0 unspecified atom stereocenters. The van der Waals surface area contributed by atoms with Crippen LogP contribution >= 0.6 is 0 Å². The van der Waals surface area contributed by atoms with Crippen LogP contribution in [0.3, 0.4) is 0 Å². The van der Waals surface area contributed by atoms with Crippen molar-refractivity contribution in [3.8, 4) is 11.1 Å². The normalized spacial score (nSPS) is 13.9. The lowest BCUT2D eigenvalue weighted by atomic mass is 10.0. The van der Waals surface area contributed by atoms with Crippen molar-refractivity contribution in [2.24, 2.45) is 0 Å². The molecule has 34 heavy (non-hydrogen) atoms. The Morgan fingerprint density at radius 1 is 1.09 bits per heavy atom. The predicted molar refractivity (Wildman–Crippen MR) is 132 cm³/mol. The molecule has 4 heterocycles. The minimum absolute atomic E-state index is 0.109. The second kappa shape index (κ2) is 8.90. The quantitative estimate of drug-likeness (QED) is 0.479. The molecule has 176 valence electrons. The SMILES string of the molecule is CCn1cc(C(=O)N2CCCC2)c2cc(-c3ccn4nc(NC(=O)CN(C)C)nc4c3)ccc21. The summed E-state index contributed by atoms with van der Waals surface area (Å²) >= 11 is 0. The Balaban J connectivity index is 1.49. The first-order chi connectivity index (χ1) is 16.4. The van der Waals surface area contributed by atoms with Gasteiger partial charge < -0.3 is 14.4 Å². The van der Waals surface area contributed by atoms with E-state index in [9.17, 15) is 9.59 Å². The highest BCUT2D eigenvalue weighted by Crippen LogP contribution is 2.30. The van der Waals surface area contributed by atoms with Gasteiger partial charge in [0, 0.05) is 42.9 Å². The third-order valence-corrected chi connectivity index (χ3v) is 6.23. The van der Waals surface area contributed by atoms with Crippen LogP contribution in [0.2, 0.25) is 0 Å². The van der Waals surface area contributed by atoms with E-state index in [1.807, 2.05) is 43.5 Å². The highest BCUT2D eigenvalue weighted by atomic mass is 16.2. The van der Waals surface area contributed by atoms with Crippen LogP contribution in [-0.4, -0.2) is 74.5 Å². The molecular formula is C25H29N7O2. The molecule has 5 rings (SSSR count). The molecule has 0 bridgehead atoms. The molecule has 1 aliphatic rings. The first-order valence-corrected chi connectivity index (χ1v) is 11.7. The van der Waals surface area contributed by atoms with Crippen LogP contribution in [-0.2, 0) is 11.3 Å². The van der Waals surface area contributed by atoms with Gasteiger partial charge in [-0.3, -0.25) is 14.9 Å². The van der Waals surface area contributed by atoms with Crippen LogP contribution in [0.4, 0.5) is 5.95 Å². The number of likely N-dealkylation sites (tertiary alicyclic amines) is 1. The summed E-state index contributed by atoms with van der Waals surface area (Å²) in [6, 6.07) is 10.1. The van der Waals surface area contributed by atoms with E-state index in [1.54, 1.807) is 9.42 Å². The number of amides is 2. The van der Waals surface area contributed by atoms with Crippen LogP contribution in [0, 0.1) is 0 Å². The van der Waals surface area contributed by atoms with Crippen LogP contribution in [0.15, 0.2) is 42.7 Å². The van der Waals surface area contributed by atoms with E-state index in [4.69, 9.17) is 0 Å². The molecule has 4 aromatic rings. The third-order valence-electron chi connectivity index (χ3n) is 6.23. The van der Waals surface area contributed by atoms with Crippen LogP contribution < -0.4 is 5.32 Å². The molecule has 0 aliphatic carbocycles. The van der Waals surface area contributed by atoms with Crippen molar-refractivity contribution < 1.29 is 9.59 Å². The van der Waals surface area contributed by atoms with Gasteiger partial charge in [-0.2, -0.15) is 4.98 Å². The van der Waals surface area contributed by atoms with Gasteiger partial charge >= 0.3 is 0 Å². The van der Waals surface area contributed by atoms with E-state index in [-0.39, 0.29) is 24.3 Å². The van der Waals surface area contributed by atoms with Gasteiger partial charge in [0.15, 0.2) is 5.65 Å². The van der Waals surface area contributed by atoms with Crippen molar-refractivity contribution >= 4 is 34.3 Å². The zero-order valence-electron chi connectivity index (χ0n) is 19.8. The van der Waals surface area contributed by atoms with Crippen molar-refractivity contribution in [1.29, 1.82) is 0 Å². The molecule has 1 aliphatic heterocycles. The summed E-state index contributed by atoms with van der Waals surface area (Å²) in [7, 11) is 3.66. The van der Waals surface area contributed by atoms with Crippen molar-refractivity contribution in [3.63, 3.8) is 0 Å². The number of carbonyl (C=O) groups is 2. The van der Waals surface area contributed by atoms with E-state index in [2.05, 4.69) is 45.1 Å². The highest BCUT2D eigenvalue weighted by Gasteiger charge is 2.23. The summed E-state index contributed by atoms with van der Waals surface area (Å²) in [6.45, 7) is 4.81. The number of benzene rings is 1. The van der Waals surface area contributed by atoms with Crippen molar-refractivity contribution in [3.05, 3.63) is 48.3 Å². The summed E-state index contributed by atoms with van der Waals surface area (Å²) in [5.74, 6) is 0.220. The molecule has 0 radical (unpaired) electrons. The number of nitrogens with zero attached hydrogens (tertiary/aromatic N) is 6. The van der Waals surface area contributed by atoms with Gasteiger partial charge in [-0.05, 0) is 69.3 Å². The van der Waals surface area contributed by atoms with Gasteiger partial charge in [0.2, 0.25) is 11.9 Å². The molecule has 1 fully saturated rings. The monoisotopic (exact) mass is 459 g/mol. The first kappa shape index (κ1) is 22.1. The molecule has 2 amide bonds. The number of fused-ring (bicyclic) bond motifs is 2. The number of pyridine rings is 1. The molecule has 3 aromatic heterocycles. The molecule has 1 N–H and O–H groups in total. The van der Waals surface area contributed by atoms with Gasteiger partial charge in [-0.15, -0.1) is 5.10 Å². The second-order valence-corrected chi connectivity index (χ2v) is 9.00. The Hall–Kier alpha value is -3.72. The zero-order valence-corrected chi connectivity index (χ0v) is 19.8. The number of hydrogen-bond acceptors (Lipinski definition) is 5. The maximum atomic E-state index is 13.2. The molecule has 0 saturated carbocycles. The molecule has 1 aromatic carbocycles. The molecule has 0 spiro atoms. The molecule has 9 nitrogen and oxygen atoms in total. The number of aryl methyl sites for hydroxylation is 1. The lowest BCUT2D eigenvalue weighted by Gasteiger charge is -2.14. The van der Waals surface area contributed by atoms with Gasteiger partial charge in [0.25, 0.3) is 5.91 Å². The Morgan fingerprint density at radius 2 is 1.85 bits per heavy atom. The Bertz CT molecular complexity index is 1380. The van der Waals surface area contributed by atoms with Gasteiger partial charge in [0.1, 0.15) is 0 Å². The smallest absolute Gasteiger partial charge is 0.256 e. The summed E-state index contributed by atoms with van der Waals surface area (Å²) in [4.78, 5) is 33.5. The van der Waals surface area contributed by atoms with E-state index >= 15 is 0 Å². The number of rotatable bonds is 6. The summed E-state index contributed by atoms with van der Waals surface area (Å²) in [6.07, 6.45) is 5.95. The topological polar surface area (TPSA) is 87.8 Å². The zero-order chi connectivity index (χ0) is 23.8. The van der Waals surface area contributed by atoms with Gasteiger partial charge in [-0.25, -0.2) is 4.52 Å². The van der Waals surface area contributed by atoms with Crippen LogP contribution in [0.1, 0.15) is 30.1 Å². The average molecular weight is 460 g/mol. The lowest BCUT2D eigenvalue weighted by molar-refractivity contribution is -0.116. The van der Waals surface area contributed by atoms with Crippen LogP contribution in [0.5, 0.6) is 0 Å². The fraction of sp³-hybridized carbons (Fsp3) is 0.360. The van der Waals surface area contributed by atoms with Gasteiger partial charge in [0.05, 0.1) is 12.1 Å². The molecular weight excluding hydrogens is 430 g/mol. The summed E-state index contributed by atoms with van der Waals surface area (Å²) in [5.41, 5.74) is 4.42. The van der Waals surface area contributed by atoms with Gasteiger partial charge in [-0.1, -0.05) is 6.07 Å². The Labute approximate surface area is 198 Å². The Morgan fingerprint density at radius 3 is 2.59 bits per heavy atom. The van der Waals surface area contributed by atoms with E-state index in [0.717, 1.165) is 60.1 Å². The number of carbonyl (C=O) groups excluding carboxylic acids is 2. The van der Waals surface area contributed by atoms with E-state index in [0.29, 0.717) is 5.65 Å². The Kier molecular flexibility index (Phi) is 5.79. The number of nitrogens with one attached hydrogen (secondary N) is 1. The third kappa shape index (κ3) is 4.14. The average Bonchev–Trinajstić information content (AvgIpc) is 3.55. The molecule has 1 saturated heterocycles. The van der Waals surface area contributed by atoms with Crippen molar-refractivity contribution in [1.82, 2.24) is 29.0 Å². The minimum Gasteiger partial charge on any atom is -0.347 e. The second-order valence-electron chi connectivity index (χ2n) is 9.00. The standard InChI is InChI=1S/C25H29N7O2/c1-4-30-15-20(24(34)31-10-5-6-11-31)19-13-17(7-8-21(19)30)18-9-12-32-22(14-18)26-25(28-32)27-23(33)16-29(2)3/h7-9,12-15H,4-6,10-11,16H2,1-3H3,(H,27,28,33). The lowest BCUT2D eigenvalue weighted by Crippen LogP contribution is -2.27. The largest absolute Gasteiger partial charge is 0.347 e. The molecule has 0 atom stereocenters. The van der Waals surface area contributed by atoms with Crippen molar-refractivity contribution in [2.75, 3.05) is 39.0 Å².